The van der Waals surface area contributed by atoms with Crippen LogP contribution < -0.4 is 11.2 Å². The van der Waals surface area contributed by atoms with Crippen molar-refractivity contribution < 1.29 is 9.84 Å². The molecule has 0 spiro atoms. The maximum absolute atomic E-state index is 12.8. The summed E-state index contributed by atoms with van der Waals surface area (Å²) in [5.41, 5.74) is 1.91. The molecular formula is C29H29N3O4. The Kier molecular flexibility index (Phi) is 6.69. The molecule has 7 heteroatoms. The van der Waals surface area contributed by atoms with Crippen molar-refractivity contribution in [1.29, 1.82) is 0 Å². The average Bonchev–Trinajstić information content (AvgIpc) is 2.93. The van der Waals surface area contributed by atoms with E-state index in [0.717, 1.165) is 16.7 Å². The molecule has 0 amide bonds. The zero-order chi connectivity index (χ0) is 25.1. The van der Waals surface area contributed by atoms with Crippen LogP contribution in [0.15, 0.2) is 107 Å². The van der Waals surface area contributed by atoms with Gasteiger partial charge in [0.15, 0.2) is 6.23 Å². The molecule has 1 fully saturated rings. The smallest absolute Gasteiger partial charge is 0.330 e. The maximum Gasteiger partial charge on any atom is 0.330 e. The number of aliphatic hydroxyl groups excluding tert-OH is 1. The molecule has 0 bridgehead atoms. The zero-order valence-corrected chi connectivity index (χ0v) is 20.1. The highest BCUT2D eigenvalue weighted by atomic mass is 16.5. The summed E-state index contributed by atoms with van der Waals surface area (Å²) in [5, 5.41) is 10.2. The van der Waals surface area contributed by atoms with E-state index in [0.29, 0.717) is 18.7 Å². The minimum absolute atomic E-state index is 0.210. The van der Waals surface area contributed by atoms with E-state index in [-0.39, 0.29) is 6.61 Å². The molecule has 184 valence electrons. The van der Waals surface area contributed by atoms with Crippen LogP contribution in [-0.4, -0.2) is 45.4 Å². The van der Waals surface area contributed by atoms with E-state index in [9.17, 15) is 14.7 Å². The Morgan fingerprint density at radius 2 is 1.36 bits per heavy atom. The average molecular weight is 484 g/mol. The van der Waals surface area contributed by atoms with Crippen molar-refractivity contribution in [2.45, 2.75) is 24.8 Å². The van der Waals surface area contributed by atoms with E-state index >= 15 is 0 Å². The van der Waals surface area contributed by atoms with E-state index in [4.69, 9.17) is 4.74 Å². The van der Waals surface area contributed by atoms with Crippen LogP contribution in [-0.2, 0) is 10.3 Å². The zero-order valence-electron chi connectivity index (χ0n) is 20.1. The van der Waals surface area contributed by atoms with Crippen molar-refractivity contribution in [2.75, 3.05) is 19.7 Å². The van der Waals surface area contributed by atoms with Crippen LogP contribution in [0.5, 0.6) is 0 Å². The van der Waals surface area contributed by atoms with Gasteiger partial charge < -0.3 is 9.84 Å². The van der Waals surface area contributed by atoms with Crippen LogP contribution in [0.4, 0.5) is 0 Å². The number of nitrogens with zero attached hydrogens (tertiary/aromatic N) is 2. The Morgan fingerprint density at radius 1 is 0.861 bits per heavy atom. The topological polar surface area (TPSA) is 87.6 Å². The third kappa shape index (κ3) is 4.22. The first-order valence-corrected chi connectivity index (χ1v) is 12.0. The van der Waals surface area contributed by atoms with Crippen molar-refractivity contribution >= 4 is 0 Å². The Balaban J connectivity index is 1.74. The van der Waals surface area contributed by atoms with Crippen molar-refractivity contribution in [3.05, 3.63) is 140 Å². The number of rotatable bonds is 6. The van der Waals surface area contributed by atoms with Crippen molar-refractivity contribution in [3.63, 3.8) is 0 Å². The van der Waals surface area contributed by atoms with Gasteiger partial charge >= 0.3 is 5.69 Å². The van der Waals surface area contributed by atoms with Gasteiger partial charge in [0.05, 0.1) is 18.2 Å². The molecule has 2 heterocycles. The highest BCUT2D eigenvalue weighted by Gasteiger charge is 2.46. The van der Waals surface area contributed by atoms with Gasteiger partial charge in [0.2, 0.25) is 0 Å². The fourth-order valence-corrected chi connectivity index (χ4v) is 5.23. The second-order valence-electron chi connectivity index (χ2n) is 9.09. The van der Waals surface area contributed by atoms with Crippen LogP contribution in [0.2, 0.25) is 0 Å². The first-order chi connectivity index (χ1) is 17.5. The van der Waals surface area contributed by atoms with Crippen LogP contribution >= 0.6 is 0 Å². The molecule has 1 aliphatic rings. The summed E-state index contributed by atoms with van der Waals surface area (Å²) < 4.78 is 7.59. The highest BCUT2D eigenvalue weighted by molar-refractivity contribution is 5.49. The van der Waals surface area contributed by atoms with Gasteiger partial charge in [-0.05, 0) is 23.6 Å². The van der Waals surface area contributed by atoms with Gasteiger partial charge in [-0.15, -0.1) is 0 Å². The molecule has 1 aromatic heterocycles. The Labute approximate surface area is 209 Å². The number of H-pyrrole nitrogens is 1. The van der Waals surface area contributed by atoms with Crippen molar-refractivity contribution in [3.8, 4) is 0 Å². The molecule has 1 saturated heterocycles. The summed E-state index contributed by atoms with van der Waals surface area (Å²) in [5.74, 6) is 0. The van der Waals surface area contributed by atoms with Crippen LogP contribution in [0, 0.1) is 6.92 Å². The van der Waals surface area contributed by atoms with Gasteiger partial charge in [-0.2, -0.15) is 0 Å². The number of morpholine rings is 1. The predicted molar refractivity (Wildman–Crippen MR) is 138 cm³/mol. The Bertz CT molecular complexity index is 1320. The van der Waals surface area contributed by atoms with Gasteiger partial charge in [0.1, 0.15) is 0 Å². The van der Waals surface area contributed by atoms with E-state index in [1.165, 1.54) is 10.8 Å². The fourth-order valence-electron chi connectivity index (χ4n) is 5.23. The Morgan fingerprint density at radius 3 is 1.83 bits per heavy atom. The van der Waals surface area contributed by atoms with Gasteiger partial charge in [0, 0.05) is 24.8 Å². The summed E-state index contributed by atoms with van der Waals surface area (Å²) in [6.07, 6.45) is 0.270. The summed E-state index contributed by atoms with van der Waals surface area (Å²) in [6.45, 7) is 2.23. The molecule has 3 aromatic carbocycles. The lowest BCUT2D eigenvalue weighted by Gasteiger charge is -2.50. The number of aliphatic hydroxyl groups is 1. The molecule has 0 unspecified atom stereocenters. The van der Waals surface area contributed by atoms with Crippen LogP contribution in [0.3, 0.4) is 0 Å². The lowest BCUT2D eigenvalue weighted by Crippen LogP contribution is -2.58. The maximum atomic E-state index is 12.8. The standard InChI is InChI=1S/C29H29N3O4/c1-21-17-32(28(35)30-27(21)34)26-19-31(18-25(20-33)36-26)29(22-11-5-2-6-12-22,23-13-7-3-8-14-23)24-15-9-4-10-16-24/h2-17,25-26,33H,18-20H2,1H3,(H,30,34,35)/t25-,26+/m0/s1. The number of aromatic amines is 1. The first-order valence-electron chi connectivity index (χ1n) is 12.0. The molecule has 1 aliphatic heterocycles. The number of hydrogen-bond acceptors (Lipinski definition) is 5. The normalized spacial score (nSPS) is 18.7. The summed E-state index contributed by atoms with van der Waals surface area (Å²) >= 11 is 0. The van der Waals surface area contributed by atoms with Gasteiger partial charge in [-0.25, -0.2) is 4.79 Å². The van der Waals surface area contributed by atoms with Crippen molar-refractivity contribution in [2.24, 2.45) is 0 Å². The third-order valence-electron chi connectivity index (χ3n) is 6.86. The SMILES string of the molecule is Cc1cn([C@H]2CN(C(c3ccccc3)(c3ccccc3)c3ccccc3)C[C@@H](CO)O2)c(=O)[nH]c1=O. The number of aryl methyl sites for hydroxylation is 1. The Hall–Kier alpha value is -3.78. The molecule has 2 N–H and O–H groups in total. The summed E-state index contributed by atoms with van der Waals surface area (Å²) in [7, 11) is 0. The van der Waals surface area contributed by atoms with Crippen molar-refractivity contribution in [1.82, 2.24) is 14.5 Å². The monoisotopic (exact) mass is 483 g/mol. The highest BCUT2D eigenvalue weighted by Crippen LogP contribution is 2.44. The lowest BCUT2D eigenvalue weighted by molar-refractivity contribution is -0.151. The first kappa shape index (κ1) is 23.9. The second-order valence-corrected chi connectivity index (χ2v) is 9.09. The second kappa shape index (κ2) is 10.1. The molecule has 2 atom stereocenters. The fraction of sp³-hybridized carbons (Fsp3) is 0.241. The quantitative estimate of drug-likeness (QED) is 0.412. The lowest BCUT2D eigenvalue weighted by atomic mass is 9.75. The van der Waals surface area contributed by atoms with E-state index in [1.807, 2.05) is 54.6 Å². The largest absolute Gasteiger partial charge is 0.394 e. The minimum atomic E-state index is -0.722. The third-order valence-corrected chi connectivity index (χ3v) is 6.86. The number of hydrogen-bond donors (Lipinski definition) is 2. The number of ether oxygens (including phenoxy) is 1. The molecule has 5 rings (SSSR count). The number of benzene rings is 3. The molecular weight excluding hydrogens is 454 g/mol. The van der Waals surface area contributed by atoms with E-state index < -0.39 is 29.1 Å². The summed E-state index contributed by atoms with van der Waals surface area (Å²) in [6, 6.07) is 30.7. The molecule has 36 heavy (non-hydrogen) atoms. The molecule has 7 nitrogen and oxygen atoms in total. The molecule has 0 radical (unpaired) electrons. The molecule has 0 aliphatic carbocycles. The van der Waals surface area contributed by atoms with E-state index in [2.05, 4.69) is 46.3 Å². The summed E-state index contributed by atoms with van der Waals surface area (Å²) in [4.78, 5) is 29.5. The van der Waals surface area contributed by atoms with Crippen LogP contribution in [0.25, 0.3) is 0 Å². The number of aromatic nitrogens is 2. The number of nitrogens with one attached hydrogen (secondary N) is 1. The van der Waals surface area contributed by atoms with Crippen LogP contribution in [0.1, 0.15) is 28.5 Å². The minimum Gasteiger partial charge on any atom is -0.394 e. The predicted octanol–water partition coefficient (Wildman–Crippen LogP) is 3.03. The van der Waals surface area contributed by atoms with Gasteiger partial charge in [-0.3, -0.25) is 19.2 Å². The van der Waals surface area contributed by atoms with Gasteiger partial charge in [-0.1, -0.05) is 91.0 Å². The van der Waals surface area contributed by atoms with E-state index in [1.54, 1.807) is 6.92 Å². The van der Waals surface area contributed by atoms with Gasteiger partial charge in [0.25, 0.3) is 5.56 Å². The molecule has 4 aromatic rings. The molecule has 0 saturated carbocycles.